The molecule has 1 aliphatic heterocycles. The topological polar surface area (TPSA) is 107 Å². The Labute approximate surface area is 166 Å². The van der Waals surface area contributed by atoms with Gasteiger partial charge in [-0.05, 0) is 69.6 Å². The van der Waals surface area contributed by atoms with Gasteiger partial charge in [-0.15, -0.1) is 0 Å². The molecule has 1 heterocycles. The second-order valence-corrected chi connectivity index (χ2v) is 7.92. The summed E-state index contributed by atoms with van der Waals surface area (Å²) in [5.41, 5.74) is 5.56. The van der Waals surface area contributed by atoms with Crippen molar-refractivity contribution in [2.45, 2.75) is 69.3 Å². The minimum absolute atomic E-state index is 0.172. The van der Waals surface area contributed by atoms with Gasteiger partial charge in [-0.25, -0.2) is 4.39 Å². The first-order valence-corrected chi connectivity index (χ1v) is 10.2. The fraction of sp³-hybridized carbons (Fsp3) is 0.650. The first-order chi connectivity index (χ1) is 13.3. The predicted octanol–water partition coefficient (Wildman–Crippen LogP) is 2.04. The lowest BCUT2D eigenvalue weighted by Gasteiger charge is -2.28. The molecule has 1 aromatic carbocycles. The summed E-state index contributed by atoms with van der Waals surface area (Å²) in [4.78, 5) is 14.0. The fourth-order valence-electron chi connectivity index (χ4n) is 4.04. The van der Waals surface area contributed by atoms with Crippen LogP contribution in [0.25, 0.3) is 0 Å². The van der Waals surface area contributed by atoms with E-state index in [9.17, 15) is 14.3 Å². The van der Waals surface area contributed by atoms with Crippen molar-refractivity contribution in [3.63, 3.8) is 0 Å². The van der Waals surface area contributed by atoms with Gasteiger partial charge >= 0.3 is 13.1 Å². The lowest BCUT2D eigenvalue weighted by atomic mass is 9.81. The molecule has 0 spiro atoms. The fourth-order valence-corrected chi connectivity index (χ4v) is 4.04. The van der Waals surface area contributed by atoms with E-state index < -0.39 is 18.6 Å². The zero-order valence-electron chi connectivity index (χ0n) is 16.4. The van der Waals surface area contributed by atoms with E-state index >= 15 is 0 Å². The van der Waals surface area contributed by atoms with Gasteiger partial charge in [0.05, 0.1) is 0 Å². The summed E-state index contributed by atoms with van der Waals surface area (Å²) < 4.78 is 13.9. The Morgan fingerprint density at radius 2 is 1.96 bits per heavy atom. The van der Waals surface area contributed by atoms with E-state index in [0.717, 1.165) is 31.5 Å². The van der Waals surface area contributed by atoms with E-state index in [1.54, 1.807) is 6.07 Å². The maximum Gasteiger partial charge on any atom is 0.451 e. The first-order valence-electron chi connectivity index (χ1n) is 10.2. The Hall–Kier alpha value is -1.48. The van der Waals surface area contributed by atoms with Crippen LogP contribution in [0.5, 0.6) is 0 Å². The van der Waals surface area contributed by atoms with Crippen LogP contribution in [0.4, 0.5) is 4.39 Å². The molecule has 2 unspecified atom stereocenters. The summed E-state index contributed by atoms with van der Waals surface area (Å²) in [6.45, 7) is 1.69. The van der Waals surface area contributed by atoms with Crippen LogP contribution in [-0.4, -0.2) is 57.8 Å². The number of carbonyl (C=O) groups is 1. The molecular formula is C20H32BFN2O4. The molecule has 1 saturated heterocycles. The number of likely N-dealkylation sites (tertiary alicyclic amines) is 1. The molecule has 0 radical (unpaired) electrons. The summed E-state index contributed by atoms with van der Waals surface area (Å²) in [6, 6.07) is 7.13. The van der Waals surface area contributed by atoms with E-state index in [1.165, 1.54) is 6.07 Å². The van der Waals surface area contributed by atoms with Crippen LogP contribution in [0.15, 0.2) is 24.3 Å². The summed E-state index contributed by atoms with van der Waals surface area (Å²) in [6.07, 6.45) is 5.39. The number of aliphatic carboxylic acids is 1. The molecule has 0 amide bonds. The smallest absolute Gasteiger partial charge is 0.451 e. The van der Waals surface area contributed by atoms with E-state index in [-0.39, 0.29) is 18.2 Å². The highest BCUT2D eigenvalue weighted by Crippen LogP contribution is 2.25. The van der Waals surface area contributed by atoms with Gasteiger partial charge in [0, 0.05) is 6.04 Å². The maximum atomic E-state index is 13.9. The zero-order valence-corrected chi connectivity index (χ0v) is 16.4. The van der Waals surface area contributed by atoms with Crippen LogP contribution in [0.1, 0.15) is 50.5 Å². The summed E-state index contributed by atoms with van der Waals surface area (Å²) in [5.74, 6) is -1.18. The molecule has 0 aliphatic carbocycles. The molecule has 0 bridgehead atoms. The van der Waals surface area contributed by atoms with Crippen molar-refractivity contribution in [1.82, 2.24) is 4.90 Å². The molecule has 0 saturated carbocycles. The Morgan fingerprint density at radius 3 is 2.64 bits per heavy atom. The summed E-state index contributed by atoms with van der Waals surface area (Å²) in [7, 11) is -1.36. The van der Waals surface area contributed by atoms with Crippen molar-refractivity contribution in [2.75, 3.05) is 13.1 Å². The van der Waals surface area contributed by atoms with Crippen LogP contribution in [0.2, 0.25) is 6.32 Å². The van der Waals surface area contributed by atoms with Gasteiger partial charge in [-0.1, -0.05) is 31.0 Å². The number of unbranched alkanes of at least 4 members (excludes halogenated alkanes) is 1. The van der Waals surface area contributed by atoms with Crippen molar-refractivity contribution in [3.8, 4) is 0 Å². The van der Waals surface area contributed by atoms with Crippen molar-refractivity contribution in [2.24, 2.45) is 5.73 Å². The van der Waals surface area contributed by atoms with Gasteiger partial charge < -0.3 is 25.8 Å². The normalized spacial score (nSPS) is 19.5. The van der Waals surface area contributed by atoms with Crippen LogP contribution in [0, 0.1) is 5.82 Å². The number of halogens is 1. The minimum Gasteiger partial charge on any atom is -0.480 e. The Kier molecular flexibility index (Phi) is 8.88. The standard InChI is InChI=1S/C20H32BFN2O4/c22-18-9-2-1-7-16(18)15-17-8-5-13-24(17)14-6-11-20(23,19(25)26)10-3-4-12-21(27)28/h1-2,7,9,17,27-28H,3-6,8,10-15,23H2,(H,25,26). The lowest BCUT2D eigenvalue weighted by molar-refractivity contribution is -0.144. The molecule has 2 rings (SSSR count). The van der Waals surface area contributed by atoms with E-state index in [1.807, 2.05) is 12.1 Å². The summed E-state index contributed by atoms with van der Waals surface area (Å²) in [5, 5.41) is 27.3. The van der Waals surface area contributed by atoms with E-state index in [2.05, 4.69) is 4.90 Å². The van der Waals surface area contributed by atoms with Crippen LogP contribution in [-0.2, 0) is 11.2 Å². The van der Waals surface area contributed by atoms with Gasteiger partial charge in [-0.3, -0.25) is 4.79 Å². The largest absolute Gasteiger partial charge is 0.480 e. The number of carboxylic acids is 1. The molecule has 1 aliphatic rings. The number of benzene rings is 1. The third-order valence-electron chi connectivity index (χ3n) is 5.74. The SMILES string of the molecule is NC(CCCCB(O)O)(CCCN1CCCC1Cc1ccccc1F)C(=O)O. The van der Waals surface area contributed by atoms with Gasteiger partial charge in [-0.2, -0.15) is 0 Å². The van der Waals surface area contributed by atoms with Gasteiger partial charge in [0.15, 0.2) is 0 Å². The number of carboxylic acid groups (broad SMARTS) is 1. The van der Waals surface area contributed by atoms with Crippen molar-refractivity contribution in [1.29, 1.82) is 0 Å². The van der Waals surface area contributed by atoms with Gasteiger partial charge in [0.2, 0.25) is 0 Å². The number of nitrogens with two attached hydrogens (primary N) is 1. The average Bonchev–Trinajstić information content (AvgIpc) is 3.07. The second kappa shape index (κ2) is 10.9. The van der Waals surface area contributed by atoms with Crippen molar-refractivity contribution in [3.05, 3.63) is 35.6 Å². The Bertz CT molecular complexity index is 634. The Morgan fingerprint density at radius 1 is 1.25 bits per heavy atom. The molecular weight excluding hydrogens is 362 g/mol. The molecule has 1 fully saturated rings. The Balaban J connectivity index is 1.81. The molecule has 28 heavy (non-hydrogen) atoms. The second-order valence-electron chi connectivity index (χ2n) is 7.92. The lowest BCUT2D eigenvalue weighted by Crippen LogP contribution is -2.48. The van der Waals surface area contributed by atoms with E-state index in [4.69, 9.17) is 15.8 Å². The van der Waals surface area contributed by atoms with E-state index in [0.29, 0.717) is 38.5 Å². The monoisotopic (exact) mass is 394 g/mol. The highest BCUT2D eigenvalue weighted by molar-refractivity contribution is 6.40. The molecule has 6 nitrogen and oxygen atoms in total. The zero-order chi connectivity index (χ0) is 20.6. The highest BCUT2D eigenvalue weighted by atomic mass is 19.1. The molecule has 0 aromatic heterocycles. The molecule has 156 valence electrons. The molecule has 5 N–H and O–H groups in total. The highest BCUT2D eigenvalue weighted by Gasteiger charge is 2.34. The minimum atomic E-state index is -1.36. The maximum absolute atomic E-state index is 13.9. The molecule has 8 heteroatoms. The third-order valence-corrected chi connectivity index (χ3v) is 5.74. The van der Waals surface area contributed by atoms with Crippen molar-refractivity contribution < 1.29 is 24.3 Å². The van der Waals surface area contributed by atoms with Gasteiger partial charge in [0.1, 0.15) is 11.4 Å². The number of rotatable bonds is 12. The number of nitrogens with zero attached hydrogens (tertiary/aromatic N) is 1. The first kappa shape index (κ1) is 22.8. The van der Waals surface area contributed by atoms with Crippen LogP contribution < -0.4 is 5.73 Å². The molecule has 2 atom stereocenters. The number of hydrogen-bond donors (Lipinski definition) is 4. The van der Waals surface area contributed by atoms with Crippen LogP contribution in [0.3, 0.4) is 0 Å². The quantitative estimate of drug-likeness (QED) is 0.319. The van der Waals surface area contributed by atoms with Crippen LogP contribution >= 0.6 is 0 Å². The third kappa shape index (κ3) is 6.85. The van der Waals surface area contributed by atoms with Gasteiger partial charge in [0.25, 0.3) is 0 Å². The number of hydrogen-bond acceptors (Lipinski definition) is 5. The van der Waals surface area contributed by atoms with Crippen molar-refractivity contribution >= 4 is 13.1 Å². The summed E-state index contributed by atoms with van der Waals surface area (Å²) >= 11 is 0. The predicted molar refractivity (Wildman–Crippen MR) is 107 cm³/mol. The molecule has 1 aromatic rings. The average molecular weight is 394 g/mol.